The Balaban J connectivity index is 1.98. The highest BCUT2D eigenvalue weighted by Crippen LogP contribution is 2.29. The van der Waals surface area contributed by atoms with Gasteiger partial charge in [0.15, 0.2) is 5.13 Å². The molecule has 0 bridgehead atoms. The van der Waals surface area contributed by atoms with Gasteiger partial charge < -0.3 is 5.32 Å². The summed E-state index contributed by atoms with van der Waals surface area (Å²) in [7, 11) is 0. The summed E-state index contributed by atoms with van der Waals surface area (Å²) in [5.74, 6) is -0.241. The first-order chi connectivity index (χ1) is 8.72. The van der Waals surface area contributed by atoms with Crippen molar-refractivity contribution in [2.75, 3.05) is 5.32 Å². The SMILES string of the molecule is Cc1ncccc1Nc1nc2ccc(F)cc2s1. The third-order valence-corrected chi connectivity index (χ3v) is 3.53. The molecule has 0 amide bonds. The van der Waals surface area contributed by atoms with E-state index in [0.717, 1.165) is 26.7 Å². The smallest absolute Gasteiger partial charge is 0.188 e. The third kappa shape index (κ3) is 2.04. The van der Waals surface area contributed by atoms with E-state index >= 15 is 0 Å². The molecule has 0 saturated carbocycles. The number of rotatable bonds is 2. The van der Waals surface area contributed by atoms with Crippen molar-refractivity contribution in [3.05, 3.63) is 48.0 Å². The molecule has 0 saturated heterocycles. The summed E-state index contributed by atoms with van der Waals surface area (Å²) in [6, 6.07) is 8.40. The molecule has 3 nitrogen and oxygen atoms in total. The van der Waals surface area contributed by atoms with Crippen LogP contribution in [0.2, 0.25) is 0 Å². The fraction of sp³-hybridized carbons (Fsp3) is 0.0769. The number of nitrogens with one attached hydrogen (secondary N) is 1. The first-order valence-electron chi connectivity index (χ1n) is 5.47. The van der Waals surface area contributed by atoms with Crippen LogP contribution in [-0.4, -0.2) is 9.97 Å². The molecule has 0 aliphatic rings. The van der Waals surface area contributed by atoms with E-state index < -0.39 is 0 Å². The standard InChI is InChI=1S/C13H10FN3S/c1-8-10(3-2-6-15-8)16-13-17-11-5-4-9(14)7-12(11)18-13/h2-7H,1H3,(H,16,17). The Labute approximate surface area is 107 Å². The topological polar surface area (TPSA) is 37.8 Å². The van der Waals surface area contributed by atoms with Crippen molar-refractivity contribution in [2.45, 2.75) is 6.92 Å². The summed E-state index contributed by atoms with van der Waals surface area (Å²) >= 11 is 1.42. The minimum Gasteiger partial charge on any atom is -0.330 e. The first-order valence-corrected chi connectivity index (χ1v) is 6.29. The van der Waals surface area contributed by atoms with E-state index in [1.165, 1.54) is 23.5 Å². The van der Waals surface area contributed by atoms with Gasteiger partial charge in [0.05, 0.1) is 21.6 Å². The molecule has 0 aliphatic carbocycles. The number of aryl methyl sites for hydroxylation is 1. The first kappa shape index (κ1) is 11.1. The Morgan fingerprint density at radius 2 is 2.17 bits per heavy atom. The molecular formula is C13H10FN3S. The highest BCUT2D eigenvalue weighted by molar-refractivity contribution is 7.22. The minimum absolute atomic E-state index is 0.241. The van der Waals surface area contributed by atoms with E-state index in [0.29, 0.717) is 0 Å². The maximum Gasteiger partial charge on any atom is 0.188 e. The number of fused-ring (bicyclic) bond motifs is 1. The number of aromatic nitrogens is 2. The van der Waals surface area contributed by atoms with Gasteiger partial charge in [-0.05, 0) is 37.3 Å². The minimum atomic E-state index is -0.241. The van der Waals surface area contributed by atoms with E-state index in [4.69, 9.17) is 0 Å². The zero-order valence-corrected chi connectivity index (χ0v) is 10.5. The van der Waals surface area contributed by atoms with E-state index in [9.17, 15) is 4.39 Å². The average molecular weight is 259 g/mol. The van der Waals surface area contributed by atoms with Crippen LogP contribution in [-0.2, 0) is 0 Å². The van der Waals surface area contributed by atoms with Crippen molar-refractivity contribution < 1.29 is 4.39 Å². The van der Waals surface area contributed by atoms with Gasteiger partial charge in [0, 0.05) is 6.20 Å². The van der Waals surface area contributed by atoms with Crippen LogP contribution in [0.5, 0.6) is 0 Å². The van der Waals surface area contributed by atoms with E-state index in [-0.39, 0.29) is 5.82 Å². The van der Waals surface area contributed by atoms with Crippen LogP contribution in [0, 0.1) is 12.7 Å². The van der Waals surface area contributed by atoms with Crippen molar-refractivity contribution in [3.8, 4) is 0 Å². The van der Waals surface area contributed by atoms with Crippen LogP contribution in [0.3, 0.4) is 0 Å². The van der Waals surface area contributed by atoms with Crippen LogP contribution >= 0.6 is 11.3 Å². The molecule has 0 spiro atoms. The Morgan fingerprint density at radius 3 is 3.00 bits per heavy atom. The van der Waals surface area contributed by atoms with Gasteiger partial charge in [-0.25, -0.2) is 9.37 Å². The predicted molar refractivity (Wildman–Crippen MR) is 71.8 cm³/mol. The number of hydrogen-bond acceptors (Lipinski definition) is 4. The van der Waals surface area contributed by atoms with Gasteiger partial charge in [0.1, 0.15) is 5.82 Å². The Kier molecular flexibility index (Phi) is 2.68. The van der Waals surface area contributed by atoms with Crippen LogP contribution < -0.4 is 5.32 Å². The fourth-order valence-electron chi connectivity index (χ4n) is 1.68. The summed E-state index contributed by atoms with van der Waals surface area (Å²) in [4.78, 5) is 8.60. The lowest BCUT2D eigenvalue weighted by molar-refractivity contribution is 0.630. The molecule has 2 aromatic heterocycles. The molecule has 0 fully saturated rings. The predicted octanol–water partition coefficient (Wildman–Crippen LogP) is 3.88. The largest absolute Gasteiger partial charge is 0.330 e. The second-order valence-electron chi connectivity index (χ2n) is 3.89. The lowest BCUT2D eigenvalue weighted by Crippen LogP contribution is -1.93. The van der Waals surface area contributed by atoms with Crippen LogP contribution in [0.1, 0.15) is 5.69 Å². The number of hydrogen-bond donors (Lipinski definition) is 1. The Hall–Kier alpha value is -2.01. The van der Waals surface area contributed by atoms with Crippen molar-refractivity contribution in [3.63, 3.8) is 0 Å². The highest BCUT2D eigenvalue weighted by Gasteiger charge is 2.06. The van der Waals surface area contributed by atoms with Crippen LogP contribution in [0.4, 0.5) is 15.2 Å². The average Bonchev–Trinajstić information content (AvgIpc) is 2.73. The van der Waals surface area contributed by atoms with Crippen molar-refractivity contribution in [1.82, 2.24) is 9.97 Å². The zero-order valence-electron chi connectivity index (χ0n) is 9.64. The number of anilines is 2. The second kappa shape index (κ2) is 4.34. The van der Waals surface area contributed by atoms with E-state index in [1.807, 2.05) is 19.1 Å². The number of nitrogens with zero attached hydrogens (tertiary/aromatic N) is 2. The summed E-state index contributed by atoms with van der Waals surface area (Å²) in [6.07, 6.45) is 1.74. The van der Waals surface area contributed by atoms with Gasteiger partial charge >= 0.3 is 0 Å². The van der Waals surface area contributed by atoms with Crippen molar-refractivity contribution in [1.29, 1.82) is 0 Å². The number of benzene rings is 1. The lowest BCUT2D eigenvalue weighted by atomic mass is 10.3. The molecule has 0 radical (unpaired) electrons. The Bertz CT molecular complexity index is 708. The molecular weight excluding hydrogens is 249 g/mol. The number of halogens is 1. The molecule has 1 aromatic carbocycles. The van der Waals surface area contributed by atoms with Crippen molar-refractivity contribution >= 4 is 32.4 Å². The highest BCUT2D eigenvalue weighted by atomic mass is 32.1. The van der Waals surface area contributed by atoms with Crippen LogP contribution in [0.15, 0.2) is 36.5 Å². The van der Waals surface area contributed by atoms with Gasteiger partial charge in [0.2, 0.25) is 0 Å². The molecule has 0 aliphatic heterocycles. The third-order valence-electron chi connectivity index (χ3n) is 2.60. The van der Waals surface area contributed by atoms with Gasteiger partial charge in [0.25, 0.3) is 0 Å². The molecule has 90 valence electrons. The second-order valence-corrected chi connectivity index (χ2v) is 4.92. The van der Waals surface area contributed by atoms with E-state index in [2.05, 4.69) is 15.3 Å². The molecule has 1 N–H and O–H groups in total. The molecule has 0 atom stereocenters. The zero-order chi connectivity index (χ0) is 12.5. The molecule has 2 heterocycles. The molecule has 0 unspecified atom stereocenters. The summed E-state index contributed by atoms with van der Waals surface area (Å²) in [5, 5.41) is 3.95. The summed E-state index contributed by atoms with van der Waals surface area (Å²) in [5.41, 5.74) is 2.62. The van der Waals surface area contributed by atoms with Gasteiger partial charge in [-0.1, -0.05) is 11.3 Å². The van der Waals surface area contributed by atoms with Gasteiger partial charge in [-0.2, -0.15) is 0 Å². The molecule has 3 aromatic rings. The maximum absolute atomic E-state index is 13.1. The fourth-order valence-corrected chi connectivity index (χ4v) is 2.59. The van der Waals surface area contributed by atoms with Gasteiger partial charge in [-0.3, -0.25) is 4.98 Å². The molecule has 5 heteroatoms. The molecule has 3 rings (SSSR count). The maximum atomic E-state index is 13.1. The van der Waals surface area contributed by atoms with E-state index in [1.54, 1.807) is 12.3 Å². The monoisotopic (exact) mass is 259 g/mol. The quantitative estimate of drug-likeness (QED) is 0.758. The molecule has 18 heavy (non-hydrogen) atoms. The Morgan fingerprint density at radius 1 is 1.28 bits per heavy atom. The number of thiazole rings is 1. The summed E-state index contributed by atoms with van der Waals surface area (Å²) < 4.78 is 13.9. The normalized spacial score (nSPS) is 10.8. The number of pyridine rings is 1. The lowest BCUT2D eigenvalue weighted by Gasteiger charge is -2.04. The van der Waals surface area contributed by atoms with Crippen LogP contribution in [0.25, 0.3) is 10.2 Å². The summed E-state index contributed by atoms with van der Waals surface area (Å²) in [6.45, 7) is 1.93. The van der Waals surface area contributed by atoms with Crippen molar-refractivity contribution in [2.24, 2.45) is 0 Å². The van der Waals surface area contributed by atoms with Gasteiger partial charge in [-0.15, -0.1) is 0 Å².